The summed E-state index contributed by atoms with van der Waals surface area (Å²) < 4.78 is 32.4. The van der Waals surface area contributed by atoms with Gasteiger partial charge >= 0.3 is 5.97 Å². The first-order valence-corrected chi connectivity index (χ1v) is 18.6. The van der Waals surface area contributed by atoms with Gasteiger partial charge in [0.15, 0.2) is 0 Å². The van der Waals surface area contributed by atoms with E-state index in [1.54, 1.807) is 29.6 Å². The van der Waals surface area contributed by atoms with E-state index in [4.69, 9.17) is 31.3 Å². The van der Waals surface area contributed by atoms with Crippen LogP contribution in [-0.2, 0) is 48.7 Å². The molecule has 0 aliphatic carbocycles. The molecule has 0 saturated carbocycles. The van der Waals surface area contributed by atoms with Crippen molar-refractivity contribution in [3.8, 4) is 16.9 Å². The Morgan fingerprint density at radius 3 is 2.76 bits per heavy atom. The fourth-order valence-electron chi connectivity index (χ4n) is 7.03. The summed E-state index contributed by atoms with van der Waals surface area (Å²) in [5.74, 6) is 1.33. The van der Waals surface area contributed by atoms with Gasteiger partial charge in [0.25, 0.3) is 0 Å². The van der Waals surface area contributed by atoms with Crippen LogP contribution in [0.5, 0.6) is 5.75 Å². The van der Waals surface area contributed by atoms with E-state index in [2.05, 4.69) is 6.07 Å². The van der Waals surface area contributed by atoms with Crippen molar-refractivity contribution in [1.29, 1.82) is 0 Å². The first-order chi connectivity index (χ1) is 23.8. The van der Waals surface area contributed by atoms with Gasteiger partial charge in [0.05, 0.1) is 43.4 Å². The van der Waals surface area contributed by atoms with Crippen molar-refractivity contribution >= 4 is 62.8 Å². The van der Waals surface area contributed by atoms with Crippen LogP contribution in [0.2, 0.25) is 5.02 Å². The van der Waals surface area contributed by atoms with Crippen LogP contribution in [-0.4, -0.2) is 48.4 Å². The number of thioether (sulfide) groups is 2. The van der Waals surface area contributed by atoms with Gasteiger partial charge in [0, 0.05) is 73.9 Å². The second-order valence-corrected chi connectivity index (χ2v) is 14.8. The number of aromatic nitrogens is 5. The molecule has 252 valence electrons. The number of fused-ring (bicyclic) bond motifs is 10. The molecule has 0 radical (unpaired) electrons. The molecule has 0 amide bonds. The molecule has 3 aromatic carbocycles. The SMILES string of the molecule is Cc1c(C(=O)O)n2c3ccc(Cl)c(c13)-c1c(nn3c1COCC3)CSCc1cc(n(C)n1)CSc1cc(c3ccc(F)cc3c1)OCCC2. The van der Waals surface area contributed by atoms with Gasteiger partial charge in [-0.05, 0) is 72.8 Å². The zero-order valence-electron chi connectivity index (χ0n) is 27.0. The fraction of sp³-hybridized carbons (Fsp3) is 0.306. The van der Waals surface area contributed by atoms with Gasteiger partial charge in [-0.25, -0.2) is 9.18 Å². The molecule has 9 nitrogen and oxygen atoms in total. The lowest BCUT2D eigenvalue weighted by molar-refractivity contribution is 0.0684. The molecule has 2 aliphatic heterocycles. The Morgan fingerprint density at radius 2 is 1.90 bits per heavy atom. The van der Waals surface area contributed by atoms with Gasteiger partial charge in [0.1, 0.15) is 17.3 Å². The van der Waals surface area contributed by atoms with Gasteiger partial charge in [-0.3, -0.25) is 9.36 Å². The average molecular weight is 718 g/mol. The summed E-state index contributed by atoms with van der Waals surface area (Å²) in [5, 5.41) is 23.2. The number of aromatic carboxylic acids is 1. The summed E-state index contributed by atoms with van der Waals surface area (Å²) in [4.78, 5) is 13.8. The Kier molecular flexibility index (Phi) is 8.59. The molecule has 0 atom stereocenters. The molecule has 1 N–H and O–H groups in total. The van der Waals surface area contributed by atoms with Gasteiger partial charge in [0.2, 0.25) is 0 Å². The summed E-state index contributed by atoms with van der Waals surface area (Å²) in [6, 6.07) is 14.6. The predicted octanol–water partition coefficient (Wildman–Crippen LogP) is 8.23. The molecule has 8 rings (SSSR count). The molecule has 0 unspecified atom stereocenters. The van der Waals surface area contributed by atoms with Crippen LogP contribution in [0.1, 0.15) is 45.2 Å². The molecule has 6 aromatic rings. The highest BCUT2D eigenvalue weighted by atomic mass is 35.5. The molecule has 0 fully saturated rings. The second kappa shape index (κ2) is 13.1. The number of benzene rings is 3. The van der Waals surface area contributed by atoms with Crippen LogP contribution < -0.4 is 4.74 Å². The normalized spacial score (nSPS) is 15.5. The standard InChI is InChI=1S/C36H33ClFN5O4S2/c1-20-32-29-7-6-27(37)33(32)34-28(40-43-9-11-46-16-30(34)43)19-48-17-23-14-24(41(2)39-23)18-49-25-13-21-12-22(38)4-5-26(21)31(15-25)47-10-3-8-42(29)35(20)36(44)45/h4-7,12-15H,3,8-11,16-19H2,1-2H3,(H,44,45). The maximum Gasteiger partial charge on any atom is 0.352 e. The lowest BCUT2D eigenvalue weighted by Gasteiger charge is -2.17. The molecule has 49 heavy (non-hydrogen) atoms. The van der Waals surface area contributed by atoms with E-state index in [1.807, 2.05) is 52.2 Å². The number of carbonyl (C=O) groups is 1. The van der Waals surface area contributed by atoms with Crippen LogP contribution in [0.3, 0.4) is 0 Å². The molecular weight excluding hydrogens is 685 g/mol. The highest BCUT2D eigenvalue weighted by Gasteiger charge is 2.29. The van der Waals surface area contributed by atoms with Crippen molar-refractivity contribution in [2.75, 3.05) is 13.2 Å². The maximum absolute atomic E-state index is 14.3. The third-order valence-electron chi connectivity index (χ3n) is 9.23. The highest BCUT2D eigenvalue weighted by molar-refractivity contribution is 7.98. The summed E-state index contributed by atoms with van der Waals surface area (Å²) in [6.07, 6.45) is 0.540. The minimum absolute atomic E-state index is 0.221. The summed E-state index contributed by atoms with van der Waals surface area (Å²) in [6.45, 7) is 4.20. The largest absolute Gasteiger partial charge is 0.493 e. The Balaban J connectivity index is 1.26. The van der Waals surface area contributed by atoms with E-state index in [1.165, 1.54) is 12.1 Å². The first kappa shape index (κ1) is 32.2. The van der Waals surface area contributed by atoms with Crippen molar-refractivity contribution in [2.45, 2.75) is 55.2 Å². The third-order valence-corrected chi connectivity index (χ3v) is 11.5. The van der Waals surface area contributed by atoms with Crippen LogP contribution in [0.25, 0.3) is 32.8 Å². The van der Waals surface area contributed by atoms with Crippen molar-refractivity contribution in [3.05, 3.63) is 93.4 Å². The van der Waals surface area contributed by atoms with Gasteiger partial charge < -0.3 is 19.1 Å². The lowest BCUT2D eigenvalue weighted by Crippen LogP contribution is -2.17. The van der Waals surface area contributed by atoms with Crippen molar-refractivity contribution in [1.82, 2.24) is 24.1 Å². The van der Waals surface area contributed by atoms with E-state index in [0.29, 0.717) is 72.9 Å². The number of rotatable bonds is 1. The molecule has 2 aliphatic rings. The zero-order valence-corrected chi connectivity index (χ0v) is 29.4. The number of nitrogens with zero attached hydrogens (tertiary/aromatic N) is 5. The third kappa shape index (κ3) is 5.88. The van der Waals surface area contributed by atoms with Crippen LogP contribution in [0.4, 0.5) is 4.39 Å². The molecular formula is C36H33ClFN5O4S2. The number of hydrogen-bond acceptors (Lipinski definition) is 7. The van der Waals surface area contributed by atoms with E-state index >= 15 is 0 Å². The number of carboxylic acid groups (broad SMARTS) is 1. The molecule has 0 spiro atoms. The quantitative estimate of drug-likeness (QED) is 0.182. The summed E-state index contributed by atoms with van der Waals surface area (Å²) in [7, 11) is 1.96. The smallest absolute Gasteiger partial charge is 0.352 e. The molecule has 8 bridgehead atoms. The lowest BCUT2D eigenvalue weighted by atomic mass is 9.96. The molecule has 5 heterocycles. The molecule has 3 aromatic heterocycles. The van der Waals surface area contributed by atoms with Crippen LogP contribution in [0.15, 0.2) is 53.4 Å². The Labute approximate surface area is 295 Å². The van der Waals surface area contributed by atoms with E-state index in [9.17, 15) is 14.3 Å². The van der Waals surface area contributed by atoms with Crippen molar-refractivity contribution < 1.29 is 23.8 Å². The fourth-order valence-corrected chi connectivity index (χ4v) is 9.12. The maximum atomic E-state index is 14.3. The number of carboxylic acids is 1. The van der Waals surface area contributed by atoms with Gasteiger partial charge in [-0.2, -0.15) is 10.2 Å². The van der Waals surface area contributed by atoms with Gasteiger partial charge in [-0.1, -0.05) is 11.6 Å². The minimum Gasteiger partial charge on any atom is -0.493 e. The number of halogens is 2. The highest BCUT2D eigenvalue weighted by Crippen LogP contribution is 2.44. The minimum atomic E-state index is -1.00. The summed E-state index contributed by atoms with van der Waals surface area (Å²) in [5.41, 5.74) is 7.23. The zero-order chi connectivity index (χ0) is 33.8. The van der Waals surface area contributed by atoms with Crippen LogP contribution >= 0.6 is 35.1 Å². The number of ether oxygens (including phenoxy) is 2. The van der Waals surface area contributed by atoms with E-state index < -0.39 is 5.97 Å². The molecule has 13 heteroatoms. The Hall–Kier alpha value is -3.97. The van der Waals surface area contributed by atoms with Crippen molar-refractivity contribution in [2.24, 2.45) is 7.05 Å². The van der Waals surface area contributed by atoms with Crippen LogP contribution in [0, 0.1) is 12.7 Å². The molecule has 0 saturated heterocycles. The number of hydrogen-bond donors (Lipinski definition) is 1. The Morgan fingerprint density at radius 1 is 1.02 bits per heavy atom. The average Bonchev–Trinajstić information content (AvgIpc) is 3.71. The monoisotopic (exact) mass is 717 g/mol. The van der Waals surface area contributed by atoms with Crippen molar-refractivity contribution in [3.63, 3.8) is 0 Å². The summed E-state index contributed by atoms with van der Waals surface area (Å²) >= 11 is 10.4. The first-order valence-electron chi connectivity index (χ1n) is 16.1. The second-order valence-electron chi connectivity index (χ2n) is 12.3. The predicted molar refractivity (Wildman–Crippen MR) is 191 cm³/mol. The topological polar surface area (TPSA) is 96.3 Å². The van der Waals surface area contributed by atoms with Gasteiger partial charge in [-0.15, -0.1) is 23.5 Å². The Bertz CT molecular complexity index is 2280. The van der Waals surface area contributed by atoms with E-state index in [0.717, 1.165) is 60.5 Å². The number of aryl methyl sites for hydroxylation is 3. The van der Waals surface area contributed by atoms with E-state index in [-0.39, 0.29) is 11.5 Å².